The van der Waals surface area contributed by atoms with Crippen LogP contribution in [0.1, 0.15) is 55.2 Å². The third-order valence-electron chi connectivity index (χ3n) is 6.35. The van der Waals surface area contributed by atoms with E-state index in [-0.39, 0.29) is 34.4 Å². The Hall–Kier alpha value is -4.34. The van der Waals surface area contributed by atoms with Crippen LogP contribution in [-0.4, -0.2) is 32.3 Å². The number of aromatic nitrogens is 4. The van der Waals surface area contributed by atoms with Gasteiger partial charge < -0.3 is 15.8 Å². The van der Waals surface area contributed by atoms with Gasteiger partial charge in [0.25, 0.3) is 5.56 Å². The number of halogens is 1. The molecule has 1 fully saturated rings. The zero-order chi connectivity index (χ0) is 25.4. The quantitative estimate of drug-likeness (QED) is 0.317. The lowest BCUT2D eigenvalue weighted by atomic mass is 10.0. The van der Waals surface area contributed by atoms with Crippen molar-refractivity contribution < 1.29 is 9.13 Å². The summed E-state index contributed by atoms with van der Waals surface area (Å²) < 4.78 is 21.1. The lowest BCUT2D eigenvalue weighted by Crippen LogP contribution is -2.29. The zero-order valence-corrected chi connectivity index (χ0v) is 20.0. The van der Waals surface area contributed by atoms with Crippen LogP contribution in [0, 0.1) is 11.2 Å². The number of hydrogen-bond acceptors (Lipinski definition) is 8. The standard InChI is InChI=1S/C26H26FN7O2/c1-3-18(25-33-19-7-5-4-6-16(19)26(35)34(25)15-9-10-15)32-24-21(23(29)30-13-31-24)22(28)14-8-11-20(36-2)17(27)12-14/h4-8,11-13,15,18,28H,3,9-10H2,1-2H3,(H3,29,30,31,32). The monoisotopic (exact) mass is 487 g/mol. The lowest BCUT2D eigenvalue weighted by Gasteiger charge is -2.23. The van der Waals surface area contributed by atoms with Gasteiger partial charge in [-0.1, -0.05) is 19.1 Å². The van der Waals surface area contributed by atoms with E-state index in [1.54, 1.807) is 16.7 Å². The van der Waals surface area contributed by atoms with Gasteiger partial charge in [-0.05, 0) is 49.6 Å². The van der Waals surface area contributed by atoms with Gasteiger partial charge in [0, 0.05) is 11.6 Å². The first-order chi connectivity index (χ1) is 17.4. The summed E-state index contributed by atoms with van der Waals surface area (Å²) in [6, 6.07) is 11.3. The average molecular weight is 488 g/mol. The molecule has 4 aromatic rings. The van der Waals surface area contributed by atoms with E-state index in [4.69, 9.17) is 20.9 Å². The number of hydrogen-bond donors (Lipinski definition) is 3. The summed E-state index contributed by atoms with van der Waals surface area (Å²) in [5, 5.41) is 12.7. The van der Waals surface area contributed by atoms with Gasteiger partial charge in [0.2, 0.25) is 0 Å². The minimum atomic E-state index is -0.593. The number of benzene rings is 2. The molecule has 2 heterocycles. The van der Waals surface area contributed by atoms with Crippen molar-refractivity contribution in [3.8, 4) is 5.75 Å². The minimum absolute atomic E-state index is 0.0435. The molecule has 5 rings (SSSR count). The van der Waals surface area contributed by atoms with Gasteiger partial charge in [0.1, 0.15) is 23.8 Å². The molecule has 0 bridgehead atoms. The summed E-state index contributed by atoms with van der Waals surface area (Å²) in [4.78, 5) is 26.6. The van der Waals surface area contributed by atoms with E-state index in [1.165, 1.54) is 25.6 Å². The normalized spacial score (nSPS) is 14.0. The van der Waals surface area contributed by atoms with Crippen LogP contribution in [0.5, 0.6) is 5.75 Å². The summed E-state index contributed by atoms with van der Waals surface area (Å²) in [6.07, 6.45) is 3.73. The number of fused-ring (bicyclic) bond motifs is 1. The average Bonchev–Trinajstić information content (AvgIpc) is 3.72. The first-order valence-corrected chi connectivity index (χ1v) is 11.7. The van der Waals surface area contributed by atoms with Crippen LogP contribution in [0.3, 0.4) is 0 Å². The molecule has 1 aliphatic rings. The number of ether oxygens (including phenoxy) is 1. The second-order valence-electron chi connectivity index (χ2n) is 8.71. The summed E-state index contributed by atoms with van der Waals surface area (Å²) in [5.41, 5.74) is 7.22. The molecule has 0 spiro atoms. The first kappa shape index (κ1) is 23.4. The zero-order valence-electron chi connectivity index (χ0n) is 20.0. The maximum atomic E-state index is 14.4. The highest BCUT2D eigenvalue weighted by atomic mass is 19.1. The van der Waals surface area contributed by atoms with Gasteiger partial charge in [-0.3, -0.25) is 14.8 Å². The van der Waals surface area contributed by atoms with E-state index >= 15 is 0 Å². The Morgan fingerprint density at radius 3 is 2.75 bits per heavy atom. The van der Waals surface area contributed by atoms with Crippen molar-refractivity contribution >= 4 is 28.3 Å². The molecule has 1 unspecified atom stereocenters. The molecular weight excluding hydrogens is 461 g/mol. The fourth-order valence-electron chi connectivity index (χ4n) is 4.33. The highest BCUT2D eigenvalue weighted by Gasteiger charge is 2.31. The van der Waals surface area contributed by atoms with Crippen molar-refractivity contribution in [2.75, 3.05) is 18.2 Å². The fourth-order valence-corrected chi connectivity index (χ4v) is 4.33. The molecule has 0 radical (unpaired) electrons. The lowest BCUT2D eigenvalue weighted by molar-refractivity contribution is 0.386. The van der Waals surface area contributed by atoms with Gasteiger partial charge in [0.15, 0.2) is 11.6 Å². The van der Waals surface area contributed by atoms with E-state index < -0.39 is 11.9 Å². The second kappa shape index (κ2) is 9.37. The first-order valence-electron chi connectivity index (χ1n) is 11.7. The van der Waals surface area contributed by atoms with Crippen molar-refractivity contribution in [1.29, 1.82) is 5.41 Å². The number of nitrogen functional groups attached to an aromatic ring is 1. The number of rotatable bonds is 8. The third kappa shape index (κ3) is 4.15. The van der Waals surface area contributed by atoms with Crippen LogP contribution in [0.4, 0.5) is 16.0 Å². The van der Waals surface area contributed by atoms with Crippen LogP contribution in [0.2, 0.25) is 0 Å². The Bertz CT molecular complexity index is 1530. The minimum Gasteiger partial charge on any atom is -0.494 e. The maximum Gasteiger partial charge on any atom is 0.261 e. The van der Waals surface area contributed by atoms with Crippen molar-refractivity contribution in [2.24, 2.45) is 0 Å². The van der Waals surface area contributed by atoms with Gasteiger partial charge >= 0.3 is 0 Å². The molecule has 0 saturated heterocycles. The van der Waals surface area contributed by atoms with Crippen molar-refractivity contribution in [2.45, 2.75) is 38.3 Å². The number of para-hydroxylation sites is 1. The molecule has 9 nitrogen and oxygen atoms in total. The Labute approximate surface area is 206 Å². The molecule has 2 aromatic carbocycles. The van der Waals surface area contributed by atoms with Crippen LogP contribution < -0.4 is 21.3 Å². The van der Waals surface area contributed by atoms with Crippen molar-refractivity contribution in [3.63, 3.8) is 0 Å². The van der Waals surface area contributed by atoms with Gasteiger partial charge in [0.05, 0.1) is 35.3 Å². The summed E-state index contributed by atoms with van der Waals surface area (Å²) in [5.74, 6) is 0.474. The topological polar surface area (TPSA) is 132 Å². The highest BCUT2D eigenvalue weighted by Crippen LogP contribution is 2.37. The van der Waals surface area contributed by atoms with Gasteiger partial charge in [-0.25, -0.2) is 19.3 Å². The van der Waals surface area contributed by atoms with Crippen LogP contribution in [-0.2, 0) is 0 Å². The van der Waals surface area contributed by atoms with Crippen LogP contribution in [0.25, 0.3) is 10.9 Å². The summed E-state index contributed by atoms with van der Waals surface area (Å²) in [6.45, 7) is 1.98. The molecule has 1 aliphatic carbocycles. The molecule has 10 heteroatoms. The summed E-state index contributed by atoms with van der Waals surface area (Å²) >= 11 is 0. The fraction of sp³-hybridized carbons (Fsp3) is 0.269. The predicted molar refractivity (Wildman–Crippen MR) is 136 cm³/mol. The number of anilines is 2. The van der Waals surface area contributed by atoms with Crippen molar-refractivity contribution in [1.82, 2.24) is 19.5 Å². The number of nitrogens with zero attached hydrogens (tertiary/aromatic N) is 4. The molecule has 2 aromatic heterocycles. The van der Waals surface area contributed by atoms with Gasteiger partial charge in [-0.15, -0.1) is 0 Å². The molecule has 0 aliphatic heterocycles. The third-order valence-corrected chi connectivity index (χ3v) is 6.35. The van der Waals surface area contributed by atoms with E-state index in [1.807, 2.05) is 25.1 Å². The second-order valence-corrected chi connectivity index (χ2v) is 8.71. The largest absolute Gasteiger partial charge is 0.494 e. The molecule has 1 atom stereocenters. The number of methoxy groups -OCH3 is 1. The van der Waals surface area contributed by atoms with Crippen LogP contribution >= 0.6 is 0 Å². The highest BCUT2D eigenvalue weighted by molar-refractivity contribution is 6.16. The summed E-state index contributed by atoms with van der Waals surface area (Å²) in [7, 11) is 1.38. The molecule has 0 amide bonds. The molecule has 36 heavy (non-hydrogen) atoms. The predicted octanol–water partition coefficient (Wildman–Crippen LogP) is 4.23. The number of nitrogens with two attached hydrogens (primary N) is 1. The van der Waals surface area contributed by atoms with E-state index in [0.29, 0.717) is 34.5 Å². The van der Waals surface area contributed by atoms with Gasteiger partial charge in [-0.2, -0.15) is 0 Å². The molecule has 1 saturated carbocycles. The Kier molecular flexibility index (Phi) is 6.09. The smallest absolute Gasteiger partial charge is 0.261 e. The Morgan fingerprint density at radius 1 is 1.28 bits per heavy atom. The maximum absolute atomic E-state index is 14.4. The Balaban J connectivity index is 1.58. The van der Waals surface area contributed by atoms with E-state index in [0.717, 1.165) is 12.8 Å². The van der Waals surface area contributed by atoms with E-state index in [2.05, 4.69) is 15.3 Å². The molecule has 184 valence electrons. The van der Waals surface area contributed by atoms with E-state index in [9.17, 15) is 9.18 Å². The number of nitrogens with one attached hydrogen (secondary N) is 2. The SMILES string of the molecule is CCC(Nc1ncnc(N)c1C(=N)c1ccc(OC)c(F)c1)c1nc2ccccc2c(=O)n1C1CC1. The molecular formula is C26H26FN7O2. The van der Waals surface area contributed by atoms with Crippen molar-refractivity contribution in [3.05, 3.63) is 81.9 Å². The van der Waals surface area contributed by atoms with Crippen LogP contribution in [0.15, 0.2) is 53.6 Å². The molecule has 4 N–H and O–H groups in total. The Morgan fingerprint density at radius 2 is 2.06 bits per heavy atom.